The topological polar surface area (TPSA) is 104 Å². The van der Waals surface area contributed by atoms with Crippen LogP contribution in [0, 0.1) is 0 Å². The van der Waals surface area contributed by atoms with Gasteiger partial charge in [-0.05, 0) is 38.2 Å². The predicted molar refractivity (Wildman–Crippen MR) is 94.8 cm³/mol. The summed E-state index contributed by atoms with van der Waals surface area (Å²) >= 11 is 2.68. The molecule has 24 heavy (non-hydrogen) atoms. The molecule has 3 rings (SSSR count). The molecule has 1 aliphatic carbocycles. The molecule has 0 spiro atoms. The molecule has 0 saturated carbocycles. The van der Waals surface area contributed by atoms with Crippen LogP contribution in [-0.2, 0) is 17.6 Å². The Bertz CT molecular complexity index is 843. The van der Waals surface area contributed by atoms with Gasteiger partial charge in [0, 0.05) is 11.4 Å². The van der Waals surface area contributed by atoms with E-state index in [2.05, 4.69) is 20.6 Å². The summed E-state index contributed by atoms with van der Waals surface area (Å²) in [4.78, 5) is 44.6. The summed E-state index contributed by atoms with van der Waals surface area (Å²) in [5.74, 6) is -0.421. The largest absolute Gasteiger partial charge is 0.338 e. The van der Waals surface area contributed by atoms with E-state index in [4.69, 9.17) is 0 Å². The minimum Gasteiger partial charge on any atom is -0.338 e. The van der Waals surface area contributed by atoms with Crippen molar-refractivity contribution in [2.24, 2.45) is 0 Å². The quantitative estimate of drug-likeness (QED) is 0.565. The number of rotatable bonds is 4. The van der Waals surface area contributed by atoms with Crippen molar-refractivity contribution >= 4 is 45.3 Å². The number of hydrogen-bond acceptors (Lipinski definition) is 6. The molecule has 2 heterocycles. The van der Waals surface area contributed by atoms with E-state index in [0.717, 1.165) is 47.8 Å². The van der Waals surface area contributed by atoms with Crippen LogP contribution in [0.3, 0.4) is 0 Å². The van der Waals surface area contributed by atoms with Gasteiger partial charge in [-0.1, -0.05) is 11.8 Å². The van der Waals surface area contributed by atoms with Crippen molar-refractivity contribution < 1.29 is 9.59 Å². The zero-order chi connectivity index (χ0) is 17.1. The number of amides is 3. The average Bonchev–Trinajstić information content (AvgIpc) is 2.92. The summed E-state index contributed by atoms with van der Waals surface area (Å²) in [6.07, 6.45) is 4.20. The smallest absolute Gasteiger partial charge is 0.321 e. The van der Waals surface area contributed by atoms with Crippen molar-refractivity contribution in [3.8, 4) is 0 Å². The number of fused-ring (bicyclic) bond motifs is 3. The minimum absolute atomic E-state index is 0.0106. The maximum absolute atomic E-state index is 12.4. The van der Waals surface area contributed by atoms with Crippen LogP contribution in [0.2, 0.25) is 0 Å². The second kappa shape index (κ2) is 7.35. The van der Waals surface area contributed by atoms with Crippen molar-refractivity contribution in [2.75, 3.05) is 12.3 Å². The molecule has 1 aliphatic rings. The molecular weight excluding hydrogens is 348 g/mol. The Morgan fingerprint density at radius 3 is 2.92 bits per heavy atom. The van der Waals surface area contributed by atoms with E-state index < -0.39 is 11.9 Å². The van der Waals surface area contributed by atoms with Crippen LogP contribution in [0.15, 0.2) is 9.95 Å². The Morgan fingerprint density at radius 2 is 2.12 bits per heavy atom. The lowest BCUT2D eigenvalue weighted by atomic mass is 9.97. The fraction of sp³-hybridized carbons (Fsp3) is 0.467. The number of nitrogens with one attached hydrogen (secondary N) is 3. The highest BCUT2D eigenvalue weighted by Gasteiger charge is 2.20. The number of H-pyrrole nitrogens is 1. The molecule has 2 aromatic heterocycles. The molecule has 3 N–H and O–H groups in total. The Hall–Kier alpha value is -1.87. The number of hydrogen-bond donors (Lipinski definition) is 3. The van der Waals surface area contributed by atoms with Crippen LogP contribution in [0.1, 0.15) is 30.2 Å². The van der Waals surface area contributed by atoms with Crippen LogP contribution in [0.4, 0.5) is 4.79 Å². The second-order valence-corrected chi connectivity index (χ2v) is 7.51. The molecule has 0 radical (unpaired) electrons. The van der Waals surface area contributed by atoms with Gasteiger partial charge in [-0.2, -0.15) is 0 Å². The average molecular weight is 366 g/mol. The van der Waals surface area contributed by atoms with Crippen LogP contribution in [0.25, 0.3) is 10.2 Å². The fourth-order valence-corrected chi connectivity index (χ4v) is 4.69. The highest BCUT2D eigenvalue weighted by Crippen LogP contribution is 2.34. The number of urea groups is 1. The number of nitrogens with zero attached hydrogens (tertiary/aromatic N) is 1. The molecule has 0 unspecified atom stereocenters. The third kappa shape index (κ3) is 3.62. The zero-order valence-corrected chi connectivity index (χ0v) is 14.9. The Labute approximate surface area is 146 Å². The maximum atomic E-state index is 12.4. The van der Waals surface area contributed by atoms with Gasteiger partial charge in [-0.3, -0.25) is 14.9 Å². The highest BCUT2D eigenvalue weighted by atomic mass is 32.2. The maximum Gasteiger partial charge on any atom is 0.321 e. The van der Waals surface area contributed by atoms with Gasteiger partial charge in [-0.15, -0.1) is 11.3 Å². The first kappa shape index (κ1) is 17.0. The van der Waals surface area contributed by atoms with E-state index in [1.165, 1.54) is 4.88 Å². The third-order valence-electron chi connectivity index (χ3n) is 3.73. The fourth-order valence-electron chi connectivity index (χ4n) is 2.71. The molecule has 3 amide bonds. The van der Waals surface area contributed by atoms with E-state index in [-0.39, 0.29) is 11.3 Å². The first-order valence-electron chi connectivity index (χ1n) is 7.83. The first-order valence-corrected chi connectivity index (χ1v) is 9.63. The summed E-state index contributed by atoms with van der Waals surface area (Å²) < 4.78 is 0. The monoisotopic (exact) mass is 366 g/mol. The third-order valence-corrected chi connectivity index (χ3v) is 5.79. The number of aromatic nitrogens is 2. The molecule has 128 valence electrons. The van der Waals surface area contributed by atoms with Crippen LogP contribution in [0.5, 0.6) is 0 Å². The van der Waals surface area contributed by atoms with E-state index in [9.17, 15) is 14.4 Å². The molecule has 0 bridgehead atoms. The Kier molecular flexibility index (Phi) is 5.20. The molecule has 0 aliphatic heterocycles. The molecule has 0 aromatic carbocycles. The van der Waals surface area contributed by atoms with Crippen molar-refractivity contribution in [2.45, 2.75) is 37.8 Å². The summed E-state index contributed by atoms with van der Waals surface area (Å²) in [6.45, 7) is 2.21. The van der Waals surface area contributed by atoms with Gasteiger partial charge < -0.3 is 10.3 Å². The number of aromatic amines is 1. The van der Waals surface area contributed by atoms with Crippen molar-refractivity contribution in [3.63, 3.8) is 0 Å². The van der Waals surface area contributed by atoms with E-state index in [0.29, 0.717) is 17.1 Å². The number of carbonyl (C=O) groups is 2. The lowest BCUT2D eigenvalue weighted by molar-refractivity contribution is -0.117. The summed E-state index contributed by atoms with van der Waals surface area (Å²) in [5, 5.41) is 5.80. The molecule has 0 atom stereocenters. The molecule has 0 fully saturated rings. The lowest BCUT2D eigenvalue weighted by Crippen LogP contribution is -2.40. The lowest BCUT2D eigenvalue weighted by Gasteiger charge is -2.09. The SMILES string of the molecule is CCNC(=O)NC(=O)CSc1nc2sc3c(c2c(=O)[nH]1)CCCC3. The van der Waals surface area contributed by atoms with Crippen molar-refractivity contribution in [1.29, 1.82) is 0 Å². The van der Waals surface area contributed by atoms with Crippen LogP contribution < -0.4 is 16.2 Å². The van der Waals surface area contributed by atoms with Crippen molar-refractivity contribution in [1.82, 2.24) is 20.6 Å². The Morgan fingerprint density at radius 1 is 1.33 bits per heavy atom. The predicted octanol–water partition coefficient (Wildman–Crippen LogP) is 1.80. The number of aryl methyl sites for hydroxylation is 2. The van der Waals surface area contributed by atoms with E-state index >= 15 is 0 Å². The number of thioether (sulfide) groups is 1. The van der Waals surface area contributed by atoms with Crippen LogP contribution >= 0.6 is 23.1 Å². The van der Waals surface area contributed by atoms with Gasteiger partial charge >= 0.3 is 6.03 Å². The van der Waals surface area contributed by atoms with E-state index in [1.807, 2.05) is 0 Å². The van der Waals surface area contributed by atoms with Gasteiger partial charge in [0.05, 0.1) is 11.1 Å². The normalized spacial score (nSPS) is 13.5. The first-order chi connectivity index (χ1) is 11.6. The van der Waals surface area contributed by atoms with Gasteiger partial charge in [0.15, 0.2) is 5.16 Å². The molecule has 2 aromatic rings. The molecule has 0 saturated heterocycles. The van der Waals surface area contributed by atoms with E-state index in [1.54, 1.807) is 18.3 Å². The van der Waals surface area contributed by atoms with Gasteiger partial charge in [0.1, 0.15) is 4.83 Å². The summed E-state index contributed by atoms with van der Waals surface area (Å²) in [5.41, 5.74) is 0.992. The van der Waals surface area contributed by atoms with Crippen molar-refractivity contribution in [3.05, 3.63) is 20.8 Å². The Balaban J connectivity index is 1.73. The second-order valence-electron chi connectivity index (χ2n) is 5.46. The summed E-state index contributed by atoms with van der Waals surface area (Å²) in [6, 6.07) is -0.522. The highest BCUT2D eigenvalue weighted by molar-refractivity contribution is 7.99. The zero-order valence-electron chi connectivity index (χ0n) is 13.2. The number of carbonyl (C=O) groups excluding carboxylic acids is 2. The molecular formula is C15H18N4O3S2. The molecule has 9 heteroatoms. The van der Waals surface area contributed by atoms with Gasteiger partial charge in [0.25, 0.3) is 5.56 Å². The van der Waals surface area contributed by atoms with Gasteiger partial charge in [-0.25, -0.2) is 9.78 Å². The number of thiophene rings is 1. The van der Waals surface area contributed by atoms with Gasteiger partial charge in [0.2, 0.25) is 5.91 Å². The standard InChI is InChI=1S/C15H18N4O3S2/c1-2-16-14(22)17-10(20)7-23-15-18-12(21)11-8-5-3-4-6-9(8)24-13(11)19-15/h2-7H2,1H3,(H,18,19,21)(H2,16,17,20,22). The molecule has 7 nitrogen and oxygen atoms in total. The minimum atomic E-state index is -0.522. The van der Waals surface area contributed by atoms with Crippen LogP contribution in [-0.4, -0.2) is 34.2 Å². The number of imide groups is 1. The summed E-state index contributed by atoms with van der Waals surface area (Å²) in [7, 11) is 0.